The minimum Gasteiger partial charge on any atom is -0.489 e. The normalized spacial score (nSPS) is 15.8. The van der Waals surface area contributed by atoms with Gasteiger partial charge in [-0.05, 0) is 17.5 Å². The molecule has 1 aliphatic rings. The number of amides is 1. The van der Waals surface area contributed by atoms with Gasteiger partial charge in [0, 0.05) is 32.1 Å². The molecule has 7 nitrogen and oxygen atoms in total. The number of nitrogens with zero attached hydrogens (tertiary/aromatic N) is 5. The van der Waals surface area contributed by atoms with Crippen molar-refractivity contribution in [3.63, 3.8) is 0 Å². The van der Waals surface area contributed by atoms with Crippen molar-refractivity contribution < 1.29 is 9.53 Å². The van der Waals surface area contributed by atoms with Crippen LogP contribution in [0.5, 0.6) is 5.75 Å². The molecule has 0 N–H and O–H groups in total. The maximum atomic E-state index is 12.2. The van der Waals surface area contributed by atoms with Gasteiger partial charge < -0.3 is 9.64 Å². The van der Waals surface area contributed by atoms with Crippen LogP contribution in [0.1, 0.15) is 12.8 Å². The maximum absolute atomic E-state index is 12.2. The molecule has 0 unspecified atom stereocenters. The summed E-state index contributed by atoms with van der Waals surface area (Å²) in [5, 5.41) is 9.97. The number of rotatable bonds is 4. The van der Waals surface area contributed by atoms with Crippen LogP contribution >= 0.6 is 11.3 Å². The number of carbonyl (C=O) groups is 1. The van der Waals surface area contributed by atoms with Crippen LogP contribution in [-0.2, 0) is 11.3 Å². The number of carbonyl (C=O) groups excluding carboxylic acids is 1. The van der Waals surface area contributed by atoms with Gasteiger partial charge in [0.05, 0.1) is 22.6 Å². The van der Waals surface area contributed by atoms with Gasteiger partial charge >= 0.3 is 0 Å². The number of hydrogen-bond acceptors (Lipinski definition) is 6. The molecule has 4 heterocycles. The highest BCUT2D eigenvalue weighted by Crippen LogP contribution is 2.30. The van der Waals surface area contributed by atoms with E-state index in [9.17, 15) is 4.79 Å². The van der Waals surface area contributed by atoms with Crippen molar-refractivity contribution in [2.45, 2.75) is 25.5 Å². The van der Waals surface area contributed by atoms with E-state index in [1.807, 2.05) is 22.4 Å². The van der Waals surface area contributed by atoms with Gasteiger partial charge in [-0.15, -0.1) is 11.3 Å². The topological polar surface area (TPSA) is 73.1 Å². The van der Waals surface area contributed by atoms with Crippen molar-refractivity contribution in [3.8, 4) is 5.75 Å². The molecule has 1 amide bonds. The van der Waals surface area contributed by atoms with Crippen molar-refractivity contribution in [2.24, 2.45) is 0 Å². The molecule has 0 bridgehead atoms. The molecule has 124 valence electrons. The van der Waals surface area contributed by atoms with Crippen LogP contribution in [0.2, 0.25) is 0 Å². The first kappa shape index (κ1) is 15.1. The fraction of sp³-hybridized carbons (Fsp3) is 0.375. The highest BCUT2D eigenvalue weighted by Gasteiger charge is 2.24. The van der Waals surface area contributed by atoms with Gasteiger partial charge in [0.25, 0.3) is 0 Å². The van der Waals surface area contributed by atoms with Crippen LogP contribution in [0.25, 0.3) is 10.2 Å². The van der Waals surface area contributed by atoms with Crippen LogP contribution < -0.4 is 4.74 Å². The minimum atomic E-state index is 0.0502. The van der Waals surface area contributed by atoms with Gasteiger partial charge in [0.2, 0.25) is 5.91 Å². The predicted molar refractivity (Wildman–Crippen MR) is 89.9 cm³/mol. The van der Waals surface area contributed by atoms with Gasteiger partial charge in [-0.3, -0.25) is 9.78 Å². The molecule has 0 saturated carbocycles. The number of aromatic nitrogens is 4. The van der Waals surface area contributed by atoms with Crippen molar-refractivity contribution in [1.82, 2.24) is 24.9 Å². The number of piperidine rings is 1. The summed E-state index contributed by atoms with van der Waals surface area (Å²) in [6.45, 7) is 1.59. The summed E-state index contributed by atoms with van der Waals surface area (Å²) in [5.74, 6) is 0.940. The van der Waals surface area contributed by atoms with E-state index in [-0.39, 0.29) is 18.6 Å². The molecule has 0 aliphatic carbocycles. The molecule has 3 aromatic heterocycles. The fourth-order valence-electron chi connectivity index (χ4n) is 2.89. The van der Waals surface area contributed by atoms with Gasteiger partial charge in [-0.2, -0.15) is 15.0 Å². The van der Waals surface area contributed by atoms with E-state index in [2.05, 4.69) is 15.2 Å². The minimum absolute atomic E-state index is 0.0502. The zero-order valence-electron chi connectivity index (χ0n) is 13.0. The molecule has 0 radical (unpaired) electrons. The Bertz CT molecular complexity index is 824. The summed E-state index contributed by atoms with van der Waals surface area (Å²) in [5.41, 5.74) is 0.969. The molecule has 0 atom stereocenters. The first-order valence-electron chi connectivity index (χ1n) is 7.90. The van der Waals surface area contributed by atoms with E-state index in [0.29, 0.717) is 13.1 Å². The number of pyridine rings is 1. The molecule has 1 saturated heterocycles. The lowest BCUT2D eigenvalue weighted by atomic mass is 10.1. The Balaban J connectivity index is 1.34. The van der Waals surface area contributed by atoms with Gasteiger partial charge in [-0.25, -0.2) is 0 Å². The van der Waals surface area contributed by atoms with E-state index in [1.54, 1.807) is 29.9 Å². The van der Waals surface area contributed by atoms with E-state index in [4.69, 9.17) is 4.74 Å². The number of likely N-dealkylation sites (tertiary alicyclic amines) is 1. The second-order valence-electron chi connectivity index (χ2n) is 5.70. The molecule has 1 fully saturated rings. The summed E-state index contributed by atoms with van der Waals surface area (Å²) in [4.78, 5) is 19.8. The molecule has 0 aromatic carbocycles. The average molecular weight is 343 g/mol. The van der Waals surface area contributed by atoms with E-state index < -0.39 is 0 Å². The van der Waals surface area contributed by atoms with Gasteiger partial charge in [-0.1, -0.05) is 0 Å². The van der Waals surface area contributed by atoms with Crippen molar-refractivity contribution in [1.29, 1.82) is 0 Å². The summed E-state index contributed by atoms with van der Waals surface area (Å²) in [6.07, 6.45) is 6.71. The van der Waals surface area contributed by atoms with Crippen LogP contribution in [-0.4, -0.2) is 50.0 Å². The maximum Gasteiger partial charge on any atom is 0.246 e. The third-order valence-corrected chi connectivity index (χ3v) is 5.06. The quantitative estimate of drug-likeness (QED) is 0.724. The summed E-state index contributed by atoms with van der Waals surface area (Å²) >= 11 is 1.64. The second-order valence-corrected chi connectivity index (χ2v) is 6.62. The standard InChI is InChI=1S/C16H17N5O2S/c22-15(11-21-18-6-7-19-21)20-8-2-12(3-9-20)23-14-1-5-17-13-4-10-24-16(13)14/h1,4-7,10,12H,2-3,8-9,11H2. The van der Waals surface area contributed by atoms with Crippen molar-refractivity contribution in [3.05, 3.63) is 36.1 Å². The Kier molecular flexibility index (Phi) is 4.12. The summed E-state index contributed by atoms with van der Waals surface area (Å²) in [7, 11) is 0. The van der Waals surface area contributed by atoms with Crippen LogP contribution in [0.3, 0.4) is 0 Å². The number of fused-ring (bicyclic) bond motifs is 1. The first-order valence-corrected chi connectivity index (χ1v) is 8.78. The Hall–Kier alpha value is -2.48. The highest BCUT2D eigenvalue weighted by atomic mass is 32.1. The number of ether oxygens (including phenoxy) is 1. The zero-order valence-corrected chi connectivity index (χ0v) is 13.9. The Labute approximate surface area is 142 Å². The van der Waals surface area contributed by atoms with Gasteiger partial charge in [0.1, 0.15) is 18.4 Å². The Morgan fingerprint density at radius 2 is 2.00 bits per heavy atom. The largest absolute Gasteiger partial charge is 0.489 e. The van der Waals surface area contributed by atoms with Crippen LogP contribution in [0, 0.1) is 0 Å². The lowest BCUT2D eigenvalue weighted by molar-refractivity contribution is -0.134. The van der Waals surface area contributed by atoms with Crippen LogP contribution in [0.15, 0.2) is 36.1 Å². The van der Waals surface area contributed by atoms with Crippen molar-refractivity contribution >= 4 is 27.5 Å². The summed E-state index contributed by atoms with van der Waals surface area (Å²) in [6, 6.07) is 3.91. The smallest absolute Gasteiger partial charge is 0.246 e. The molecule has 4 rings (SSSR count). The molecular weight excluding hydrogens is 326 g/mol. The molecule has 24 heavy (non-hydrogen) atoms. The SMILES string of the molecule is O=C(Cn1nccn1)N1CCC(Oc2ccnc3ccsc23)CC1. The third-order valence-electron chi connectivity index (χ3n) is 4.14. The predicted octanol–water partition coefficient (Wildman–Crippen LogP) is 1.96. The van der Waals surface area contributed by atoms with Gasteiger partial charge in [0.15, 0.2) is 0 Å². The second kappa shape index (κ2) is 6.56. The Morgan fingerprint density at radius 3 is 2.79 bits per heavy atom. The van der Waals surface area contributed by atoms with E-state index in [1.165, 1.54) is 4.80 Å². The first-order chi connectivity index (χ1) is 11.8. The highest BCUT2D eigenvalue weighted by molar-refractivity contribution is 7.17. The molecule has 3 aromatic rings. The lowest BCUT2D eigenvalue weighted by Crippen LogP contribution is -2.43. The Morgan fingerprint density at radius 1 is 1.21 bits per heavy atom. The zero-order chi connectivity index (χ0) is 16.4. The number of thiophene rings is 1. The third kappa shape index (κ3) is 3.09. The van der Waals surface area contributed by atoms with E-state index in [0.717, 1.165) is 28.8 Å². The van der Waals surface area contributed by atoms with Crippen molar-refractivity contribution in [2.75, 3.05) is 13.1 Å². The molecule has 8 heteroatoms. The average Bonchev–Trinajstić information content (AvgIpc) is 3.27. The lowest BCUT2D eigenvalue weighted by Gasteiger charge is -2.32. The van der Waals surface area contributed by atoms with Crippen LogP contribution in [0.4, 0.5) is 0 Å². The summed E-state index contributed by atoms with van der Waals surface area (Å²) < 4.78 is 7.25. The number of hydrogen-bond donors (Lipinski definition) is 0. The molecule has 0 spiro atoms. The molecule has 1 aliphatic heterocycles. The van der Waals surface area contributed by atoms with E-state index >= 15 is 0 Å². The molecular formula is C16H17N5O2S. The monoisotopic (exact) mass is 343 g/mol. The fourth-order valence-corrected chi connectivity index (χ4v) is 3.70.